The number of hydrogen-bond donors (Lipinski definition) is 0. The molecule has 4 heteroatoms. The summed E-state index contributed by atoms with van der Waals surface area (Å²) >= 11 is 3.14. The lowest BCUT2D eigenvalue weighted by Gasteiger charge is -2.03. The lowest BCUT2D eigenvalue weighted by Crippen LogP contribution is -2.00. The Labute approximate surface area is 103 Å². The van der Waals surface area contributed by atoms with Crippen LogP contribution in [-0.4, -0.2) is 13.1 Å². The minimum absolute atomic E-state index is 0.251. The van der Waals surface area contributed by atoms with Crippen LogP contribution in [0.2, 0.25) is 0 Å². The molecule has 84 valence electrons. The maximum Gasteiger partial charge on any atom is 0.348 e. The fourth-order valence-corrected chi connectivity index (χ4v) is 3.35. The SMILES string of the molecule is COC(=O)c1scc(C)c1-c1ccsc1C. The van der Waals surface area contributed by atoms with Crippen LogP contribution in [0.3, 0.4) is 0 Å². The normalized spacial score (nSPS) is 10.4. The number of methoxy groups -OCH3 is 1. The van der Waals surface area contributed by atoms with Crippen molar-refractivity contribution in [2.45, 2.75) is 13.8 Å². The maximum absolute atomic E-state index is 11.6. The van der Waals surface area contributed by atoms with Crippen LogP contribution in [-0.2, 0) is 4.74 Å². The molecule has 0 saturated heterocycles. The summed E-state index contributed by atoms with van der Waals surface area (Å²) in [5, 5.41) is 4.04. The molecule has 16 heavy (non-hydrogen) atoms. The molecule has 2 aromatic rings. The summed E-state index contributed by atoms with van der Waals surface area (Å²) in [6.45, 7) is 4.09. The Morgan fingerprint density at radius 1 is 1.31 bits per heavy atom. The second-order valence-corrected chi connectivity index (χ2v) is 5.50. The number of rotatable bonds is 2. The standard InChI is InChI=1S/C12H12O2S2/c1-7-6-16-11(12(13)14-3)10(7)9-4-5-15-8(9)2/h4-6H,1-3H3. The summed E-state index contributed by atoms with van der Waals surface area (Å²) in [5.74, 6) is -0.251. The summed E-state index contributed by atoms with van der Waals surface area (Å²) in [6, 6.07) is 2.06. The van der Waals surface area contributed by atoms with Gasteiger partial charge in [-0.3, -0.25) is 0 Å². The summed E-state index contributed by atoms with van der Waals surface area (Å²) in [5.41, 5.74) is 3.30. The fourth-order valence-electron chi connectivity index (χ4n) is 1.67. The molecule has 0 aliphatic carbocycles. The molecule has 2 rings (SSSR count). The van der Waals surface area contributed by atoms with E-state index >= 15 is 0 Å². The number of carbonyl (C=O) groups is 1. The molecule has 0 bridgehead atoms. The topological polar surface area (TPSA) is 26.3 Å². The molecule has 0 amide bonds. The second-order valence-electron chi connectivity index (χ2n) is 3.50. The molecule has 0 radical (unpaired) electrons. The van der Waals surface area contributed by atoms with Crippen molar-refractivity contribution in [1.29, 1.82) is 0 Å². The van der Waals surface area contributed by atoms with Gasteiger partial charge < -0.3 is 4.74 Å². The van der Waals surface area contributed by atoms with Crippen molar-refractivity contribution in [3.63, 3.8) is 0 Å². The number of thiophene rings is 2. The predicted molar refractivity (Wildman–Crippen MR) is 68.4 cm³/mol. The van der Waals surface area contributed by atoms with Gasteiger partial charge in [0.2, 0.25) is 0 Å². The molecular formula is C12H12O2S2. The van der Waals surface area contributed by atoms with Gasteiger partial charge in [-0.05, 0) is 41.8 Å². The van der Waals surface area contributed by atoms with Gasteiger partial charge in [-0.1, -0.05) is 0 Å². The van der Waals surface area contributed by atoms with E-state index in [9.17, 15) is 4.79 Å². The highest BCUT2D eigenvalue weighted by molar-refractivity contribution is 7.13. The minimum Gasteiger partial charge on any atom is -0.465 e. The third kappa shape index (κ3) is 1.79. The number of carbonyl (C=O) groups excluding carboxylic acids is 1. The van der Waals surface area contributed by atoms with Gasteiger partial charge in [-0.2, -0.15) is 0 Å². The first-order chi connectivity index (χ1) is 7.65. The predicted octanol–water partition coefficient (Wildman–Crippen LogP) is 3.88. The second kappa shape index (κ2) is 4.39. The largest absolute Gasteiger partial charge is 0.465 e. The first-order valence-corrected chi connectivity index (χ1v) is 6.62. The summed E-state index contributed by atoms with van der Waals surface area (Å²) < 4.78 is 4.80. The van der Waals surface area contributed by atoms with Crippen molar-refractivity contribution in [3.05, 3.63) is 32.1 Å². The monoisotopic (exact) mass is 252 g/mol. The number of aryl methyl sites for hydroxylation is 2. The van der Waals surface area contributed by atoms with Crippen LogP contribution in [0.15, 0.2) is 16.8 Å². The Hall–Kier alpha value is -1.13. The molecular weight excluding hydrogens is 240 g/mol. The van der Waals surface area contributed by atoms with Gasteiger partial charge in [0.25, 0.3) is 0 Å². The van der Waals surface area contributed by atoms with Gasteiger partial charge in [0.1, 0.15) is 4.88 Å². The van der Waals surface area contributed by atoms with Gasteiger partial charge in [0.15, 0.2) is 0 Å². The molecule has 0 aliphatic heterocycles. The van der Waals surface area contributed by atoms with E-state index in [2.05, 4.69) is 13.0 Å². The highest BCUT2D eigenvalue weighted by Crippen LogP contribution is 2.36. The van der Waals surface area contributed by atoms with Crippen molar-refractivity contribution >= 4 is 28.6 Å². The lowest BCUT2D eigenvalue weighted by atomic mass is 10.0. The van der Waals surface area contributed by atoms with Crippen LogP contribution >= 0.6 is 22.7 Å². The zero-order valence-electron chi connectivity index (χ0n) is 9.37. The van der Waals surface area contributed by atoms with Crippen molar-refractivity contribution in [3.8, 4) is 11.1 Å². The molecule has 2 aromatic heterocycles. The molecule has 0 aliphatic rings. The van der Waals surface area contributed by atoms with E-state index < -0.39 is 0 Å². The maximum atomic E-state index is 11.6. The average molecular weight is 252 g/mol. The lowest BCUT2D eigenvalue weighted by molar-refractivity contribution is 0.0607. The zero-order valence-corrected chi connectivity index (χ0v) is 11.0. The third-order valence-corrected chi connectivity index (χ3v) is 4.40. The van der Waals surface area contributed by atoms with E-state index in [0.29, 0.717) is 4.88 Å². The van der Waals surface area contributed by atoms with E-state index in [1.165, 1.54) is 23.3 Å². The molecule has 0 fully saturated rings. The Kier molecular flexibility index (Phi) is 3.12. The molecule has 2 heterocycles. The quantitative estimate of drug-likeness (QED) is 0.758. The Morgan fingerprint density at radius 3 is 2.62 bits per heavy atom. The van der Waals surface area contributed by atoms with Gasteiger partial charge in [-0.25, -0.2) is 4.79 Å². The van der Waals surface area contributed by atoms with Gasteiger partial charge >= 0.3 is 5.97 Å². The average Bonchev–Trinajstić information content (AvgIpc) is 2.83. The Morgan fingerprint density at radius 2 is 2.06 bits per heavy atom. The summed E-state index contributed by atoms with van der Waals surface area (Å²) in [4.78, 5) is 13.6. The van der Waals surface area contributed by atoms with Gasteiger partial charge in [-0.15, -0.1) is 22.7 Å². The molecule has 0 spiro atoms. The van der Waals surface area contributed by atoms with Crippen molar-refractivity contribution < 1.29 is 9.53 Å². The van der Waals surface area contributed by atoms with Crippen LogP contribution in [0.4, 0.5) is 0 Å². The molecule has 0 saturated carbocycles. The van der Waals surface area contributed by atoms with E-state index in [1.54, 1.807) is 11.3 Å². The minimum atomic E-state index is -0.251. The number of hydrogen-bond acceptors (Lipinski definition) is 4. The molecule has 0 N–H and O–H groups in total. The molecule has 0 unspecified atom stereocenters. The summed E-state index contributed by atoms with van der Waals surface area (Å²) in [7, 11) is 1.42. The van der Waals surface area contributed by atoms with Crippen LogP contribution in [0, 0.1) is 13.8 Å². The van der Waals surface area contributed by atoms with Crippen LogP contribution < -0.4 is 0 Å². The van der Waals surface area contributed by atoms with Crippen LogP contribution in [0.1, 0.15) is 20.1 Å². The molecule has 2 nitrogen and oxygen atoms in total. The first kappa shape index (κ1) is 11.4. The number of ether oxygens (including phenoxy) is 1. The van der Waals surface area contributed by atoms with Crippen molar-refractivity contribution in [2.24, 2.45) is 0 Å². The van der Waals surface area contributed by atoms with Crippen LogP contribution in [0.25, 0.3) is 11.1 Å². The van der Waals surface area contributed by atoms with Crippen molar-refractivity contribution in [1.82, 2.24) is 0 Å². The Bertz CT molecular complexity index is 523. The van der Waals surface area contributed by atoms with Gasteiger partial charge in [0.05, 0.1) is 7.11 Å². The van der Waals surface area contributed by atoms with Crippen LogP contribution in [0.5, 0.6) is 0 Å². The van der Waals surface area contributed by atoms with Gasteiger partial charge in [0, 0.05) is 10.4 Å². The summed E-state index contributed by atoms with van der Waals surface area (Å²) in [6.07, 6.45) is 0. The van der Waals surface area contributed by atoms with E-state index in [0.717, 1.165) is 16.7 Å². The van der Waals surface area contributed by atoms with E-state index in [4.69, 9.17) is 4.74 Å². The third-order valence-electron chi connectivity index (χ3n) is 2.47. The smallest absolute Gasteiger partial charge is 0.348 e. The zero-order chi connectivity index (χ0) is 11.7. The van der Waals surface area contributed by atoms with E-state index in [-0.39, 0.29) is 5.97 Å². The molecule has 0 aromatic carbocycles. The Balaban J connectivity index is 2.60. The highest BCUT2D eigenvalue weighted by Gasteiger charge is 2.19. The van der Waals surface area contributed by atoms with Crippen molar-refractivity contribution in [2.75, 3.05) is 7.11 Å². The fraction of sp³-hybridized carbons (Fsp3) is 0.250. The highest BCUT2D eigenvalue weighted by atomic mass is 32.1. The first-order valence-electron chi connectivity index (χ1n) is 4.86. The van der Waals surface area contributed by atoms with E-state index in [1.807, 2.05) is 17.7 Å². The number of esters is 1. The molecule has 0 atom stereocenters.